The third-order valence-electron chi connectivity index (χ3n) is 17.9. The Kier molecular flexibility index (Phi) is 28.3. The van der Waals surface area contributed by atoms with Gasteiger partial charge in [0.05, 0.1) is 34.0 Å². The predicted octanol–water partition coefficient (Wildman–Crippen LogP) is 15.6. The van der Waals surface area contributed by atoms with Gasteiger partial charge < -0.3 is 24.5 Å². The molecule has 96 heavy (non-hydrogen) atoms. The van der Waals surface area contributed by atoms with Crippen molar-refractivity contribution in [2.75, 3.05) is 137 Å². The molecule has 0 bridgehead atoms. The van der Waals surface area contributed by atoms with Crippen LogP contribution in [0, 0.1) is 5.82 Å². The first kappa shape index (κ1) is 78.8. The van der Waals surface area contributed by atoms with E-state index in [-0.39, 0.29) is 5.92 Å². The minimum Gasteiger partial charge on any atom is -0.369 e. The van der Waals surface area contributed by atoms with Crippen molar-refractivity contribution in [2.24, 2.45) is 0 Å². The molecule has 3 aromatic carbocycles. The van der Waals surface area contributed by atoms with Gasteiger partial charge in [-0.2, -0.15) is 71.0 Å². The molecule has 5 aliphatic heterocycles. The fraction of sp³-hybridized carbons (Fsp3) is 0.603. The second kappa shape index (κ2) is 34.5. The number of aromatic nitrogens is 3. The molecule has 0 atom stereocenters. The van der Waals surface area contributed by atoms with Gasteiger partial charge in [0.2, 0.25) is 0 Å². The number of pyridine rings is 1. The number of hydrogen-bond acceptors (Lipinski definition) is 12. The van der Waals surface area contributed by atoms with Crippen LogP contribution in [0.4, 0.5) is 93.3 Å². The van der Waals surface area contributed by atoms with Crippen LogP contribution in [0.15, 0.2) is 97.3 Å². The molecule has 10 rings (SSSR count). The van der Waals surface area contributed by atoms with Gasteiger partial charge in [-0.15, -0.1) is 5.10 Å². The Morgan fingerprint density at radius 1 is 0.344 bits per heavy atom. The second-order valence-corrected chi connectivity index (χ2v) is 25.9. The van der Waals surface area contributed by atoms with Crippen molar-refractivity contribution in [1.82, 2.24) is 39.7 Å². The van der Waals surface area contributed by atoms with Crippen molar-refractivity contribution in [1.29, 1.82) is 0 Å². The van der Waals surface area contributed by atoms with Gasteiger partial charge in [-0.25, -0.2) is 9.37 Å². The number of hydrogen-bond donors (Lipinski definition) is 0. The van der Waals surface area contributed by atoms with Crippen LogP contribution in [0.25, 0.3) is 0 Å². The number of nitrogens with zero attached hydrogens (tertiary/aromatic N) is 12. The zero-order valence-electron chi connectivity index (χ0n) is 56.3. The van der Waals surface area contributed by atoms with Crippen LogP contribution in [0.2, 0.25) is 0 Å². The third-order valence-corrected chi connectivity index (χ3v) is 17.9. The molecule has 28 heteroatoms. The Hall–Kier alpha value is -6.23. The summed E-state index contributed by atoms with van der Waals surface area (Å²) in [5.41, 5.74) is -1.61. The van der Waals surface area contributed by atoms with E-state index in [4.69, 9.17) is 0 Å². The second-order valence-electron chi connectivity index (χ2n) is 25.9. The van der Waals surface area contributed by atoms with Gasteiger partial charge in [0.25, 0.3) is 0 Å². The fourth-order valence-electron chi connectivity index (χ4n) is 11.9. The smallest absolute Gasteiger partial charge is 0.369 e. The van der Waals surface area contributed by atoms with Crippen LogP contribution in [-0.2, 0) is 30.9 Å². The van der Waals surface area contributed by atoms with E-state index in [1.807, 2.05) is 20.8 Å². The molecule has 12 nitrogen and oxygen atoms in total. The first-order valence-electron chi connectivity index (χ1n) is 32.6. The molecule has 5 fully saturated rings. The number of halogens is 16. The maximum absolute atomic E-state index is 13.4. The lowest BCUT2D eigenvalue weighted by Crippen LogP contribution is -2.49. The van der Waals surface area contributed by atoms with Crippen molar-refractivity contribution < 1.29 is 70.2 Å². The number of likely N-dealkylation sites (tertiary alicyclic amines) is 1. The molecule has 5 aromatic rings. The zero-order valence-corrected chi connectivity index (χ0v) is 56.3. The van der Waals surface area contributed by atoms with Gasteiger partial charge >= 0.3 is 30.9 Å². The van der Waals surface area contributed by atoms with Crippen LogP contribution in [0.3, 0.4) is 0 Å². The normalized spacial score (nSPS) is 18.2. The lowest BCUT2D eigenvalue weighted by Gasteiger charge is -2.38. The Labute approximate surface area is 554 Å². The molecule has 0 unspecified atom stereocenters. The molecule has 0 radical (unpaired) electrons. The van der Waals surface area contributed by atoms with Gasteiger partial charge in [-0.05, 0) is 167 Å². The van der Waals surface area contributed by atoms with Gasteiger partial charge in [0.1, 0.15) is 11.6 Å². The third kappa shape index (κ3) is 24.0. The van der Waals surface area contributed by atoms with Gasteiger partial charge in [-0.1, -0.05) is 24.3 Å². The molecular formula is C68H92F16N12. The van der Waals surface area contributed by atoms with E-state index in [1.54, 1.807) is 11.0 Å². The minimum absolute atomic E-state index is 0.261. The standard InChI is InChI=1S/C15H20F3N.C14H18F4N2.C14H19F3N2.C13H18F3N3.C12H17F3N4/c1-11(2)19-8-6-12(7-9-19)13-4-3-5-14(10-13)15(16,17)18;1-10(2)19-3-5-20(6-4-19)13-8-11(14(16,17)18)7-12(15)9-13;1-11(2)18-6-8-19(9-7-18)13-5-3-4-12(10-13)14(15,16)17;1-10(2)18-5-7-19(8-6-18)12-9-11(3-4-17-12)13(14,15)16;1-9(2)18-3-5-19(6-4-18)11-7-10(8-16-17-11)12(13,14)15/h3-5,10-12H,6-9H2,1-2H3;7-10H,3-6H2,1-2H3;3-5,10-11H,6-9H2,1-2H3;3-4,9-10H,5-8H2,1-2H3;7-9H,3-6H2,1-2H3. The summed E-state index contributed by atoms with van der Waals surface area (Å²) >= 11 is 0. The van der Waals surface area contributed by atoms with Gasteiger partial charge in [-0.3, -0.25) is 19.6 Å². The molecule has 0 saturated carbocycles. The molecule has 536 valence electrons. The van der Waals surface area contributed by atoms with Crippen LogP contribution < -0.4 is 19.6 Å². The van der Waals surface area contributed by atoms with E-state index in [1.165, 1.54) is 36.5 Å². The number of rotatable bonds is 10. The van der Waals surface area contributed by atoms with E-state index in [0.717, 1.165) is 140 Å². The highest BCUT2D eigenvalue weighted by molar-refractivity contribution is 5.51. The monoisotopic (exact) mass is 1380 g/mol. The zero-order chi connectivity index (χ0) is 71.1. The molecule has 0 aliphatic carbocycles. The fourth-order valence-corrected chi connectivity index (χ4v) is 11.9. The molecule has 5 saturated heterocycles. The van der Waals surface area contributed by atoms with E-state index in [2.05, 4.69) is 109 Å². The highest BCUT2D eigenvalue weighted by Gasteiger charge is 2.37. The summed E-state index contributed by atoms with van der Waals surface area (Å²) in [6.45, 7) is 35.4. The largest absolute Gasteiger partial charge is 0.418 e. The van der Waals surface area contributed by atoms with Crippen LogP contribution in [0.5, 0.6) is 0 Å². The lowest BCUT2D eigenvalue weighted by atomic mass is 9.88. The topological polar surface area (TPSA) is 67.8 Å². The summed E-state index contributed by atoms with van der Waals surface area (Å²) < 4.78 is 203. The van der Waals surface area contributed by atoms with Crippen molar-refractivity contribution in [3.8, 4) is 0 Å². The van der Waals surface area contributed by atoms with Crippen LogP contribution in [-0.4, -0.2) is 188 Å². The number of benzene rings is 3. The molecule has 0 N–H and O–H groups in total. The number of piperidine rings is 1. The average Bonchev–Trinajstić information content (AvgIpc) is 0.872. The van der Waals surface area contributed by atoms with Crippen LogP contribution >= 0.6 is 0 Å². The summed E-state index contributed by atoms with van der Waals surface area (Å²) in [6.07, 6.45) is -17.8. The van der Waals surface area contributed by atoms with E-state index in [9.17, 15) is 70.2 Å². The van der Waals surface area contributed by atoms with Crippen molar-refractivity contribution in [2.45, 2.75) is 149 Å². The highest BCUT2D eigenvalue weighted by atomic mass is 19.4. The first-order valence-corrected chi connectivity index (χ1v) is 32.6. The van der Waals surface area contributed by atoms with Crippen molar-refractivity contribution in [3.05, 3.63) is 137 Å². The SMILES string of the molecule is CC(C)N1CCC(c2cccc(C(F)(F)F)c2)CC1.CC(C)N1CCN(c2cc(C(F)(F)F)ccn2)CC1.CC(C)N1CCN(c2cc(C(F)(F)F)cnn2)CC1.CC(C)N1CCN(c2cc(F)cc(C(F)(F)F)c2)CC1.CC(C)N1CCN(c2cccc(C(F)(F)F)c2)CC1. The van der Waals surface area contributed by atoms with Gasteiger partial charge in [0.15, 0.2) is 5.82 Å². The summed E-state index contributed by atoms with van der Waals surface area (Å²) in [7, 11) is 0. The molecule has 0 spiro atoms. The Morgan fingerprint density at radius 2 is 0.698 bits per heavy atom. The van der Waals surface area contributed by atoms with E-state index >= 15 is 0 Å². The predicted molar refractivity (Wildman–Crippen MR) is 345 cm³/mol. The summed E-state index contributed by atoms with van der Waals surface area (Å²) in [5, 5.41) is 7.26. The van der Waals surface area contributed by atoms with Gasteiger partial charge in [0, 0.05) is 152 Å². The Morgan fingerprint density at radius 3 is 1.12 bits per heavy atom. The lowest BCUT2D eigenvalue weighted by molar-refractivity contribution is -0.138. The van der Waals surface area contributed by atoms with Crippen LogP contribution in [0.1, 0.15) is 121 Å². The van der Waals surface area contributed by atoms with E-state index < -0.39 is 64.5 Å². The summed E-state index contributed by atoms with van der Waals surface area (Å²) in [6, 6.07) is 19.7. The molecule has 2 aromatic heterocycles. The molecule has 5 aliphatic rings. The molecule has 7 heterocycles. The molecule has 0 amide bonds. The quantitative estimate of drug-likeness (QED) is 0.125. The molecular weight excluding hydrogens is 1290 g/mol. The summed E-state index contributed by atoms with van der Waals surface area (Å²) in [5.74, 6) is 0.134. The van der Waals surface area contributed by atoms with Crippen molar-refractivity contribution in [3.63, 3.8) is 0 Å². The summed E-state index contributed by atoms with van der Waals surface area (Å²) in [4.78, 5) is 23.2. The average molecular weight is 1380 g/mol. The maximum atomic E-state index is 13.4. The first-order chi connectivity index (χ1) is 44.8. The van der Waals surface area contributed by atoms with E-state index in [0.29, 0.717) is 98.6 Å². The number of alkyl halides is 15. The number of anilines is 4. The number of piperazine rings is 4. The highest BCUT2D eigenvalue weighted by Crippen LogP contribution is 2.38. The Balaban J connectivity index is 0.000000190. The maximum Gasteiger partial charge on any atom is 0.418 e. The Bertz CT molecular complexity index is 2790. The minimum atomic E-state index is -4.52. The van der Waals surface area contributed by atoms with Crippen molar-refractivity contribution >= 4 is 23.0 Å².